The molecule has 2 saturated heterocycles. The summed E-state index contributed by atoms with van der Waals surface area (Å²) in [7, 11) is 0. The second-order valence-electron chi connectivity index (χ2n) is 4.83. The molecule has 1 unspecified atom stereocenters. The molecule has 2 aliphatic rings. The summed E-state index contributed by atoms with van der Waals surface area (Å²) in [5.41, 5.74) is 0. The van der Waals surface area contributed by atoms with Crippen LogP contribution in [0.2, 0.25) is 0 Å². The van der Waals surface area contributed by atoms with Gasteiger partial charge in [0.1, 0.15) is 0 Å². The maximum Gasteiger partial charge on any atom is 0.225 e. The third-order valence-corrected chi connectivity index (χ3v) is 3.73. The lowest BCUT2D eigenvalue weighted by Gasteiger charge is -2.43. The summed E-state index contributed by atoms with van der Waals surface area (Å²) >= 11 is 0. The van der Waals surface area contributed by atoms with Gasteiger partial charge in [-0.05, 0) is 19.4 Å². The van der Waals surface area contributed by atoms with E-state index in [9.17, 15) is 4.39 Å². The number of hydrogen-bond acceptors (Lipinski definition) is 4. The number of nitrogens with zero attached hydrogens (tertiary/aromatic N) is 4. The van der Waals surface area contributed by atoms with Crippen LogP contribution in [0.15, 0.2) is 12.4 Å². The molecule has 0 amide bonds. The van der Waals surface area contributed by atoms with Crippen LogP contribution in [-0.2, 0) is 0 Å². The molecule has 2 aliphatic heterocycles. The second kappa shape index (κ2) is 4.56. The van der Waals surface area contributed by atoms with Gasteiger partial charge in [0.15, 0.2) is 5.82 Å². The Labute approximate surface area is 100 Å². The molecule has 1 atom stereocenters. The quantitative estimate of drug-likeness (QED) is 0.735. The Hall–Kier alpha value is -1.23. The fourth-order valence-electron chi connectivity index (χ4n) is 2.81. The van der Waals surface area contributed by atoms with Crippen molar-refractivity contribution in [2.45, 2.75) is 25.3 Å². The molecule has 92 valence electrons. The fourth-order valence-corrected chi connectivity index (χ4v) is 2.81. The van der Waals surface area contributed by atoms with Gasteiger partial charge in [0, 0.05) is 25.7 Å². The highest BCUT2D eigenvalue weighted by Crippen LogP contribution is 2.22. The van der Waals surface area contributed by atoms with Crippen LogP contribution in [0.3, 0.4) is 0 Å². The molecule has 3 heterocycles. The van der Waals surface area contributed by atoms with Crippen LogP contribution in [0.1, 0.15) is 19.3 Å². The van der Waals surface area contributed by atoms with E-state index in [1.165, 1.54) is 38.2 Å². The number of piperazine rings is 1. The average Bonchev–Trinajstić information content (AvgIpc) is 2.39. The molecule has 3 rings (SSSR count). The van der Waals surface area contributed by atoms with Gasteiger partial charge in [-0.3, -0.25) is 4.90 Å². The summed E-state index contributed by atoms with van der Waals surface area (Å²) in [4.78, 5) is 12.9. The maximum atomic E-state index is 12.8. The van der Waals surface area contributed by atoms with Crippen molar-refractivity contribution in [3.63, 3.8) is 0 Å². The van der Waals surface area contributed by atoms with Crippen molar-refractivity contribution in [1.29, 1.82) is 0 Å². The first-order chi connectivity index (χ1) is 8.33. The lowest BCUT2D eigenvalue weighted by Crippen LogP contribution is -2.55. The van der Waals surface area contributed by atoms with E-state index in [1.54, 1.807) is 0 Å². The molecular weight excluding hydrogens is 219 g/mol. The number of hydrogen-bond donors (Lipinski definition) is 0. The number of fused-ring (bicyclic) bond motifs is 1. The zero-order valence-corrected chi connectivity index (χ0v) is 9.85. The van der Waals surface area contributed by atoms with Crippen LogP contribution in [0.4, 0.5) is 10.3 Å². The molecule has 0 spiro atoms. The molecule has 5 heteroatoms. The highest BCUT2D eigenvalue weighted by molar-refractivity contribution is 5.30. The highest BCUT2D eigenvalue weighted by atomic mass is 19.1. The molecule has 0 aliphatic carbocycles. The van der Waals surface area contributed by atoms with E-state index < -0.39 is 0 Å². The van der Waals surface area contributed by atoms with Crippen LogP contribution in [0, 0.1) is 5.82 Å². The third-order valence-electron chi connectivity index (χ3n) is 3.73. The number of rotatable bonds is 1. The van der Waals surface area contributed by atoms with Gasteiger partial charge in [-0.25, -0.2) is 14.4 Å². The minimum absolute atomic E-state index is 0.370. The number of piperidine rings is 1. The van der Waals surface area contributed by atoms with Gasteiger partial charge in [-0.1, -0.05) is 6.42 Å². The Balaban J connectivity index is 1.71. The first-order valence-corrected chi connectivity index (χ1v) is 6.29. The van der Waals surface area contributed by atoms with Gasteiger partial charge >= 0.3 is 0 Å². The van der Waals surface area contributed by atoms with Crippen LogP contribution in [-0.4, -0.2) is 47.1 Å². The Morgan fingerprint density at radius 1 is 1.12 bits per heavy atom. The topological polar surface area (TPSA) is 32.3 Å². The fraction of sp³-hybridized carbons (Fsp3) is 0.667. The van der Waals surface area contributed by atoms with E-state index in [-0.39, 0.29) is 5.82 Å². The van der Waals surface area contributed by atoms with Gasteiger partial charge in [-0.2, -0.15) is 0 Å². The standard InChI is InChI=1S/C12H17FN4/c13-10-7-14-12(15-8-10)17-6-5-16-4-2-1-3-11(16)9-17/h7-8,11H,1-6,9H2. The molecule has 2 fully saturated rings. The van der Waals surface area contributed by atoms with E-state index in [4.69, 9.17) is 0 Å². The molecule has 0 radical (unpaired) electrons. The maximum absolute atomic E-state index is 12.8. The highest BCUT2D eigenvalue weighted by Gasteiger charge is 2.29. The van der Waals surface area contributed by atoms with Crippen molar-refractivity contribution in [3.8, 4) is 0 Å². The van der Waals surface area contributed by atoms with Crippen molar-refractivity contribution >= 4 is 5.95 Å². The largest absolute Gasteiger partial charge is 0.338 e. The predicted molar refractivity (Wildman–Crippen MR) is 63.4 cm³/mol. The van der Waals surface area contributed by atoms with Crippen LogP contribution in [0.25, 0.3) is 0 Å². The first kappa shape index (κ1) is 10.9. The monoisotopic (exact) mass is 236 g/mol. The van der Waals surface area contributed by atoms with E-state index in [0.29, 0.717) is 12.0 Å². The van der Waals surface area contributed by atoms with Gasteiger partial charge in [0.25, 0.3) is 0 Å². The normalized spacial score (nSPS) is 25.7. The zero-order chi connectivity index (χ0) is 11.7. The van der Waals surface area contributed by atoms with Crippen LogP contribution < -0.4 is 4.90 Å². The number of aromatic nitrogens is 2. The van der Waals surface area contributed by atoms with Crippen molar-refractivity contribution in [2.24, 2.45) is 0 Å². The summed E-state index contributed by atoms with van der Waals surface area (Å²) in [5.74, 6) is 0.293. The Morgan fingerprint density at radius 2 is 1.94 bits per heavy atom. The van der Waals surface area contributed by atoms with Gasteiger partial charge < -0.3 is 4.90 Å². The summed E-state index contributed by atoms with van der Waals surface area (Å²) in [6, 6.07) is 0.631. The second-order valence-corrected chi connectivity index (χ2v) is 4.83. The number of anilines is 1. The van der Waals surface area contributed by atoms with E-state index in [2.05, 4.69) is 19.8 Å². The molecule has 0 aromatic carbocycles. The van der Waals surface area contributed by atoms with Gasteiger partial charge in [-0.15, -0.1) is 0 Å². The SMILES string of the molecule is Fc1cnc(N2CCN3CCCCC3C2)nc1. The Kier molecular flexibility index (Phi) is 2.93. The van der Waals surface area contributed by atoms with Crippen molar-refractivity contribution in [3.05, 3.63) is 18.2 Å². The molecule has 4 nitrogen and oxygen atoms in total. The summed E-state index contributed by atoms with van der Waals surface area (Å²) in [5, 5.41) is 0. The van der Waals surface area contributed by atoms with Crippen molar-refractivity contribution in [2.75, 3.05) is 31.1 Å². The Bertz CT molecular complexity index is 381. The van der Waals surface area contributed by atoms with Gasteiger partial charge in [0.05, 0.1) is 12.4 Å². The van der Waals surface area contributed by atoms with E-state index in [1.807, 2.05) is 0 Å². The van der Waals surface area contributed by atoms with Gasteiger partial charge in [0.2, 0.25) is 5.95 Å². The lowest BCUT2D eigenvalue weighted by atomic mass is 10.00. The molecule has 1 aromatic heterocycles. The van der Waals surface area contributed by atoms with Crippen molar-refractivity contribution < 1.29 is 4.39 Å². The molecule has 0 saturated carbocycles. The molecule has 17 heavy (non-hydrogen) atoms. The molecule has 1 aromatic rings. The average molecular weight is 236 g/mol. The molecule has 0 bridgehead atoms. The summed E-state index contributed by atoms with van der Waals surface area (Å²) < 4.78 is 12.8. The third kappa shape index (κ3) is 2.24. The van der Waals surface area contributed by atoms with E-state index >= 15 is 0 Å². The zero-order valence-electron chi connectivity index (χ0n) is 9.85. The summed E-state index contributed by atoms with van der Waals surface area (Å²) in [6.07, 6.45) is 6.39. The van der Waals surface area contributed by atoms with Crippen molar-refractivity contribution in [1.82, 2.24) is 14.9 Å². The van der Waals surface area contributed by atoms with Crippen LogP contribution >= 0.6 is 0 Å². The molecule has 0 N–H and O–H groups in total. The van der Waals surface area contributed by atoms with E-state index in [0.717, 1.165) is 19.6 Å². The first-order valence-electron chi connectivity index (χ1n) is 6.29. The lowest BCUT2D eigenvalue weighted by molar-refractivity contribution is 0.133. The minimum atomic E-state index is -0.370. The Morgan fingerprint density at radius 3 is 2.76 bits per heavy atom. The van der Waals surface area contributed by atoms with Crippen LogP contribution in [0.5, 0.6) is 0 Å². The predicted octanol–water partition coefficient (Wildman–Crippen LogP) is 1.29. The number of halogens is 1. The minimum Gasteiger partial charge on any atom is -0.338 e. The molecular formula is C12H17FN4. The summed E-state index contributed by atoms with van der Waals surface area (Å²) in [6.45, 7) is 4.22. The smallest absolute Gasteiger partial charge is 0.225 e.